The summed E-state index contributed by atoms with van der Waals surface area (Å²) in [6.07, 6.45) is 9.59. The summed E-state index contributed by atoms with van der Waals surface area (Å²) in [5.74, 6) is 0.243. The van der Waals surface area contributed by atoms with Crippen molar-refractivity contribution in [2.75, 3.05) is 11.6 Å². The SMILES string of the molecule is CS(=O)(=O)c1ccc(C(CC2CCCC2)C(=O)Nc2ccn(CC3(O)CC3)n2)cc1Cl. The molecule has 2 aliphatic rings. The molecule has 2 aliphatic carbocycles. The number of aromatic nitrogens is 2. The first kappa shape index (κ1) is 22.3. The van der Waals surface area contributed by atoms with Gasteiger partial charge in [0.2, 0.25) is 5.91 Å². The molecule has 4 rings (SSSR count). The zero-order valence-corrected chi connectivity index (χ0v) is 19.1. The highest BCUT2D eigenvalue weighted by molar-refractivity contribution is 7.90. The first-order valence-corrected chi connectivity index (χ1v) is 13.0. The zero-order chi connectivity index (χ0) is 22.2. The summed E-state index contributed by atoms with van der Waals surface area (Å²) < 4.78 is 25.4. The van der Waals surface area contributed by atoms with Gasteiger partial charge in [0.15, 0.2) is 15.7 Å². The second-order valence-electron chi connectivity index (χ2n) is 9.01. The molecule has 2 N–H and O–H groups in total. The molecule has 2 aromatic rings. The second kappa shape index (κ2) is 8.56. The molecule has 31 heavy (non-hydrogen) atoms. The highest BCUT2D eigenvalue weighted by Gasteiger charge is 2.41. The van der Waals surface area contributed by atoms with Crippen LogP contribution in [0.4, 0.5) is 5.82 Å². The maximum absolute atomic E-state index is 13.2. The van der Waals surface area contributed by atoms with Gasteiger partial charge in [-0.15, -0.1) is 0 Å². The summed E-state index contributed by atoms with van der Waals surface area (Å²) in [5, 5.41) is 17.5. The van der Waals surface area contributed by atoms with Crippen LogP contribution in [0.15, 0.2) is 35.4 Å². The van der Waals surface area contributed by atoms with Crippen molar-refractivity contribution in [2.24, 2.45) is 5.92 Å². The van der Waals surface area contributed by atoms with E-state index in [4.69, 9.17) is 11.6 Å². The normalized spacial score (nSPS) is 19.3. The molecule has 0 bridgehead atoms. The van der Waals surface area contributed by atoms with Gasteiger partial charge in [0, 0.05) is 18.5 Å². The van der Waals surface area contributed by atoms with Crippen LogP contribution >= 0.6 is 11.6 Å². The molecule has 1 aromatic heterocycles. The Kier molecular flexibility index (Phi) is 6.16. The standard InChI is InChI=1S/C22H28ClN3O4S/c1-31(29,30)19-7-6-16(13-18(19)23)17(12-15-4-2-3-5-15)21(27)24-20-8-11-26(25-20)14-22(28)9-10-22/h6-8,11,13,15,17,28H,2-5,9-10,12,14H2,1H3,(H,24,25,27). The number of hydrogen-bond donors (Lipinski definition) is 2. The average Bonchev–Trinajstić information content (AvgIpc) is 3.08. The van der Waals surface area contributed by atoms with Crippen LogP contribution in [0, 0.1) is 5.92 Å². The molecule has 1 unspecified atom stereocenters. The molecular weight excluding hydrogens is 438 g/mol. The first-order chi connectivity index (χ1) is 14.6. The number of benzene rings is 1. The summed E-state index contributed by atoms with van der Waals surface area (Å²) in [6.45, 7) is 0.414. The molecule has 0 radical (unpaired) electrons. The van der Waals surface area contributed by atoms with E-state index in [1.807, 2.05) is 0 Å². The molecular formula is C22H28ClN3O4S. The van der Waals surface area contributed by atoms with Crippen LogP contribution in [0.2, 0.25) is 5.02 Å². The Labute approximate surface area is 187 Å². The van der Waals surface area contributed by atoms with E-state index >= 15 is 0 Å². The van der Waals surface area contributed by atoms with E-state index in [0.29, 0.717) is 30.3 Å². The summed E-state index contributed by atoms with van der Waals surface area (Å²) >= 11 is 6.26. The van der Waals surface area contributed by atoms with Crippen LogP contribution in [0.3, 0.4) is 0 Å². The summed E-state index contributed by atoms with van der Waals surface area (Å²) in [6, 6.07) is 6.48. The van der Waals surface area contributed by atoms with Crippen molar-refractivity contribution in [1.29, 1.82) is 0 Å². The summed E-state index contributed by atoms with van der Waals surface area (Å²) in [4.78, 5) is 13.3. The lowest BCUT2D eigenvalue weighted by molar-refractivity contribution is -0.118. The maximum atomic E-state index is 13.2. The van der Waals surface area contributed by atoms with E-state index in [-0.39, 0.29) is 15.8 Å². The lowest BCUT2D eigenvalue weighted by atomic mass is 9.87. The van der Waals surface area contributed by atoms with Gasteiger partial charge in [0.25, 0.3) is 0 Å². The number of nitrogens with one attached hydrogen (secondary N) is 1. The Bertz CT molecular complexity index is 1070. The number of aliphatic hydroxyl groups is 1. The van der Waals surface area contributed by atoms with Crippen LogP contribution in [0.5, 0.6) is 0 Å². The molecule has 1 amide bonds. The van der Waals surface area contributed by atoms with E-state index in [2.05, 4.69) is 10.4 Å². The van der Waals surface area contributed by atoms with Crippen LogP contribution in [0.1, 0.15) is 56.4 Å². The molecule has 1 heterocycles. The minimum atomic E-state index is -3.44. The largest absolute Gasteiger partial charge is 0.388 e. The van der Waals surface area contributed by atoms with Gasteiger partial charge in [0.05, 0.1) is 28.0 Å². The number of carbonyl (C=O) groups excluding carboxylic acids is 1. The molecule has 9 heteroatoms. The third kappa shape index (κ3) is 5.48. The van der Waals surface area contributed by atoms with E-state index < -0.39 is 21.4 Å². The predicted molar refractivity (Wildman–Crippen MR) is 119 cm³/mol. The van der Waals surface area contributed by atoms with Crippen molar-refractivity contribution >= 4 is 33.2 Å². The smallest absolute Gasteiger partial charge is 0.233 e. The Morgan fingerprint density at radius 1 is 1.32 bits per heavy atom. The third-order valence-electron chi connectivity index (χ3n) is 6.29. The van der Waals surface area contributed by atoms with E-state index in [9.17, 15) is 18.3 Å². The van der Waals surface area contributed by atoms with Crippen LogP contribution < -0.4 is 5.32 Å². The highest BCUT2D eigenvalue weighted by atomic mass is 35.5. The third-order valence-corrected chi connectivity index (χ3v) is 7.87. The summed E-state index contributed by atoms with van der Waals surface area (Å²) in [5.41, 5.74) is 0.0321. The molecule has 2 saturated carbocycles. The number of halogens is 1. The van der Waals surface area contributed by atoms with Gasteiger partial charge < -0.3 is 10.4 Å². The lowest BCUT2D eigenvalue weighted by Gasteiger charge is -2.21. The van der Waals surface area contributed by atoms with Crippen LogP contribution in [0.25, 0.3) is 0 Å². The quantitative estimate of drug-likeness (QED) is 0.618. The molecule has 1 aromatic carbocycles. The van der Waals surface area contributed by atoms with Gasteiger partial charge in [-0.05, 0) is 42.9 Å². The van der Waals surface area contributed by atoms with Crippen LogP contribution in [-0.4, -0.2) is 41.1 Å². The van der Waals surface area contributed by atoms with Crippen LogP contribution in [-0.2, 0) is 21.2 Å². The number of amides is 1. The lowest BCUT2D eigenvalue weighted by Crippen LogP contribution is -2.24. The average molecular weight is 466 g/mol. The van der Waals surface area contributed by atoms with Gasteiger partial charge in [-0.3, -0.25) is 9.48 Å². The summed E-state index contributed by atoms with van der Waals surface area (Å²) in [7, 11) is -3.44. The molecule has 7 nitrogen and oxygen atoms in total. The van der Waals surface area contributed by atoms with Gasteiger partial charge in [0.1, 0.15) is 0 Å². The predicted octanol–water partition coefficient (Wildman–Crippen LogP) is 3.77. The van der Waals surface area contributed by atoms with Gasteiger partial charge in [-0.1, -0.05) is 43.4 Å². The fraction of sp³-hybridized carbons (Fsp3) is 0.545. The molecule has 168 valence electrons. The molecule has 0 aliphatic heterocycles. The van der Waals surface area contributed by atoms with Crippen molar-refractivity contribution in [3.63, 3.8) is 0 Å². The Morgan fingerprint density at radius 2 is 2.03 bits per heavy atom. The monoisotopic (exact) mass is 465 g/mol. The second-order valence-corrected chi connectivity index (χ2v) is 11.4. The fourth-order valence-corrected chi connectivity index (χ4v) is 5.68. The van der Waals surface area contributed by atoms with E-state index in [1.165, 1.54) is 18.9 Å². The number of anilines is 1. The Hall–Kier alpha value is -1.90. The Balaban J connectivity index is 1.54. The molecule has 1 atom stereocenters. The van der Waals surface area contributed by atoms with Crippen molar-refractivity contribution in [2.45, 2.75) is 67.9 Å². The molecule has 0 spiro atoms. The molecule has 0 saturated heterocycles. The van der Waals surface area contributed by atoms with Gasteiger partial charge >= 0.3 is 0 Å². The zero-order valence-electron chi connectivity index (χ0n) is 17.6. The Morgan fingerprint density at radius 3 is 2.65 bits per heavy atom. The maximum Gasteiger partial charge on any atom is 0.233 e. The van der Waals surface area contributed by atoms with E-state index in [0.717, 1.165) is 31.9 Å². The number of carbonyl (C=O) groups is 1. The molecule has 2 fully saturated rings. The van der Waals surface area contributed by atoms with Crippen molar-refractivity contribution in [1.82, 2.24) is 9.78 Å². The van der Waals surface area contributed by atoms with Gasteiger partial charge in [-0.2, -0.15) is 5.10 Å². The minimum Gasteiger partial charge on any atom is -0.388 e. The number of sulfone groups is 1. The van der Waals surface area contributed by atoms with Gasteiger partial charge in [-0.25, -0.2) is 8.42 Å². The topological polar surface area (TPSA) is 101 Å². The number of nitrogens with zero attached hydrogens (tertiary/aromatic N) is 2. The van der Waals surface area contributed by atoms with E-state index in [1.54, 1.807) is 29.1 Å². The minimum absolute atomic E-state index is 0.0645. The van der Waals surface area contributed by atoms with Crippen molar-refractivity contribution < 1.29 is 18.3 Å². The van der Waals surface area contributed by atoms with Crippen molar-refractivity contribution in [3.05, 3.63) is 41.0 Å². The highest BCUT2D eigenvalue weighted by Crippen LogP contribution is 2.37. The number of rotatable bonds is 8. The first-order valence-electron chi connectivity index (χ1n) is 10.7. The number of hydrogen-bond acceptors (Lipinski definition) is 5. The fourth-order valence-electron chi connectivity index (χ4n) is 4.34. The van der Waals surface area contributed by atoms with Crippen molar-refractivity contribution in [3.8, 4) is 0 Å².